The van der Waals surface area contributed by atoms with Crippen LogP contribution in [-0.4, -0.2) is 11.1 Å². The number of thiophene rings is 1. The highest BCUT2D eigenvalue weighted by molar-refractivity contribution is 7.11. The van der Waals surface area contributed by atoms with Crippen LogP contribution in [0.5, 0.6) is 0 Å². The quantitative estimate of drug-likeness (QED) is 0.690. The van der Waals surface area contributed by atoms with E-state index in [0.717, 1.165) is 16.9 Å². The van der Waals surface area contributed by atoms with Crippen LogP contribution in [0.4, 0.5) is 0 Å². The van der Waals surface area contributed by atoms with Crippen LogP contribution >= 0.6 is 11.3 Å². The molecule has 3 heteroatoms. The topological polar surface area (TPSA) is 37.3 Å². The smallest absolute Gasteiger partial charge is 0.336 e. The summed E-state index contributed by atoms with van der Waals surface area (Å²) in [5, 5.41) is 10.6. The predicted octanol–water partition coefficient (Wildman–Crippen LogP) is 1.77. The van der Waals surface area contributed by atoms with Crippen LogP contribution in [0.1, 0.15) is 10.4 Å². The number of fused-ring (bicyclic) bond motifs is 1. The molecule has 1 aliphatic rings. The molecule has 0 saturated carbocycles. The van der Waals surface area contributed by atoms with Crippen LogP contribution in [0, 0.1) is 0 Å². The largest absolute Gasteiger partial charge is 0.478 e. The van der Waals surface area contributed by atoms with E-state index in [4.69, 9.17) is 5.11 Å². The summed E-state index contributed by atoms with van der Waals surface area (Å²) in [5.74, 6) is -0.814. The first-order chi connectivity index (χ1) is 5.29. The Balaban J connectivity index is 2.50. The molecule has 0 fully saturated rings. The third-order valence-electron chi connectivity index (χ3n) is 1.75. The summed E-state index contributed by atoms with van der Waals surface area (Å²) in [7, 11) is 0. The number of aliphatic carboxylic acids is 1. The second kappa shape index (κ2) is 2.20. The Morgan fingerprint density at radius 3 is 3.18 bits per heavy atom. The van der Waals surface area contributed by atoms with Crippen molar-refractivity contribution in [1.29, 1.82) is 0 Å². The fourth-order valence-electron chi connectivity index (χ4n) is 1.22. The Kier molecular flexibility index (Phi) is 1.32. The second-order valence-electron chi connectivity index (χ2n) is 2.40. The molecular weight excluding hydrogens is 160 g/mol. The van der Waals surface area contributed by atoms with Gasteiger partial charge in [0.25, 0.3) is 0 Å². The van der Waals surface area contributed by atoms with Gasteiger partial charge >= 0.3 is 5.97 Å². The van der Waals surface area contributed by atoms with E-state index in [-0.39, 0.29) is 0 Å². The van der Waals surface area contributed by atoms with Gasteiger partial charge < -0.3 is 5.11 Å². The van der Waals surface area contributed by atoms with Crippen molar-refractivity contribution >= 4 is 22.9 Å². The number of carboxylic acid groups (broad SMARTS) is 1. The lowest BCUT2D eigenvalue weighted by Gasteiger charge is -1.91. The van der Waals surface area contributed by atoms with Crippen molar-refractivity contribution in [3.8, 4) is 0 Å². The van der Waals surface area contributed by atoms with E-state index < -0.39 is 5.97 Å². The maximum Gasteiger partial charge on any atom is 0.336 e. The molecule has 1 N–H and O–H groups in total. The summed E-state index contributed by atoms with van der Waals surface area (Å²) in [5.41, 5.74) is 1.61. The van der Waals surface area contributed by atoms with E-state index in [1.165, 1.54) is 11.3 Å². The van der Waals surface area contributed by atoms with Crippen LogP contribution < -0.4 is 0 Å². The van der Waals surface area contributed by atoms with Gasteiger partial charge in [-0.25, -0.2) is 4.79 Å². The molecule has 1 heterocycles. The standard InChI is InChI=1S/C8H6O2S/c9-8(10)6-2-1-5-3-4-11-7(5)6/h2-4H,1H2,(H,9,10). The van der Waals surface area contributed by atoms with Gasteiger partial charge in [-0.3, -0.25) is 0 Å². The summed E-state index contributed by atoms with van der Waals surface area (Å²) < 4.78 is 0. The molecule has 0 aliphatic heterocycles. The summed E-state index contributed by atoms with van der Waals surface area (Å²) in [4.78, 5) is 11.5. The van der Waals surface area contributed by atoms with E-state index in [9.17, 15) is 4.79 Å². The molecule has 0 spiro atoms. The molecule has 0 aromatic carbocycles. The van der Waals surface area contributed by atoms with Gasteiger partial charge in [0.1, 0.15) is 0 Å². The van der Waals surface area contributed by atoms with Gasteiger partial charge in [0.2, 0.25) is 0 Å². The minimum Gasteiger partial charge on any atom is -0.478 e. The van der Waals surface area contributed by atoms with Crippen molar-refractivity contribution in [2.45, 2.75) is 6.42 Å². The summed E-state index contributed by atoms with van der Waals surface area (Å²) in [6, 6.07) is 1.98. The molecular formula is C8H6O2S. The van der Waals surface area contributed by atoms with E-state index >= 15 is 0 Å². The number of carbonyl (C=O) groups is 1. The molecule has 0 atom stereocenters. The number of carboxylic acids is 1. The molecule has 56 valence electrons. The molecule has 2 nitrogen and oxygen atoms in total. The number of rotatable bonds is 1. The lowest BCUT2D eigenvalue weighted by atomic mass is 10.2. The summed E-state index contributed by atoms with van der Waals surface area (Å²) >= 11 is 1.50. The van der Waals surface area contributed by atoms with Crippen molar-refractivity contribution < 1.29 is 9.90 Å². The molecule has 1 aromatic rings. The Morgan fingerprint density at radius 1 is 1.64 bits per heavy atom. The second-order valence-corrected chi connectivity index (χ2v) is 3.32. The Morgan fingerprint density at radius 2 is 2.45 bits per heavy atom. The molecule has 0 saturated heterocycles. The fourth-order valence-corrected chi connectivity index (χ4v) is 2.19. The zero-order chi connectivity index (χ0) is 7.84. The van der Waals surface area contributed by atoms with Crippen molar-refractivity contribution in [2.75, 3.05) is 0 Å². The van der Waals surface area contributed by atoms with Crippen LogP contribution in [0.3, 0.4) is 0 Å². The normalized spacial score (nSPS) is 14.4. The van der Waals surface area contributed by atoms with Gasteiger partial charge in [-0.15, -0.1) is 11.3 Å². The molecule has 2 rings (SSSR count). The number of hydrogen-bond acceptors (Lipinski definition) is 2. The average molecular weight is 166 g/mol. The highest BCUT2D eigenvalue weighted by atomic mass is 32.1. The monoisotopic (exact) mass is 166 g/mol. The van der Waals surface area contributed by atoms with Crippen LogP contribution in [0.25, 0.3) is 5.57 Å². The van der Waals surface area contributed by atoms with E-state index in [1.54, 1.807) is 6.08 Å². The number of hydrogen-bond donors (Lipinski definition) is 1. The molecule has 1 aromatic heterocycles. The van der Waals surface area contributed by atoms with Crippen molar-refractivity contribution in [1.82, 2.24) is 0 Å². The van der Waals surface area contributed by atoms with E-state index in [1.807, 2.05) is 11.4 Å². The lowest BCUT2D eigenvalue weighted by Crippen LogP contribution is -1.94. The number of allylic oxidation sites excluding steroid dienone is 1. The van der Waals surface area contributed by atoms with Gasteiger partial charge in [0.05, 0.1) is 5.57 Å². The molecule has 0 bridgehead atoms. The maximum atomic E-state index is 10.6. The predicted molar refractivity (Wildman–Crippen MR) is 43.6 cm³/mol. The van der Waals surface area contributed by atoms with Gasteiger partial charge in [-0.1, -0.05) is 6.08 Å². The van der Waals surface area contributed by atoms with Gasteiger partial charge in [-0.2, -0.15) is 0 Å². The van der Waals surface area contributed by atoms with Crippen LogP contribution in [0.15, 0.2) is 17.5 Å². The highest BCUT2D eigenvalue weighted by Gasteiger charge is 2.20. The Hall–Kier alpha value is -1.09. The zero-order valence-corrected chi connectivity index (χ0v) is 6.52. The SMILES string of the molecule is O=C(O)C1=CCc2ccsc21. The first-order valence-corrected chi connectivity index (χ1v) is 4.17. The Bertz CT molecular complexity index is 336. The Labute approximate surface area is 67.8 Å². The van der Waals surface area contributed by atoms with Crippen molar-refractivity contribution in [3.05, 3.63) is 28.0 Å². The zero-order valence-electron chi connectivity index (χ0n) is 5.70. The average Bonchev–Trinajstić information content (AvgIpc) is 2.41. The van der Waals surface area contributed by atoms with Gasteiger partial charge in [0.15, 0.2) is 0 Å². The van der Waals surface area contributed by atoms with Crippen LogP contribution in [0.2, 0.25) is 0 Å². The van der Waals surface area contributed by atoms with Crippen molar-refractivity contribution in [3.63, 3.8) is 0 Å². The third-order valence-corrected chi connectivity index (χ3v) is 2.74. The molecule has 0 amide bonds. The minimum absolute atomic E-state index is 0.468. The molecule has 1 aliphatic carbocycles. The van der Waals surface area contributed by atoms with Gasteiger partial charge in [0, 0.05) is 4.88 Å². The lowest BCUT2D eigenvalue weighted by molar-refractivity contribution is -0.130. The van der Waals surface area contributed by atoms with E-state index in [0.29, 0.717) is 5.57 Å². The molecule has 11 heavy (non-hydrogen) atoms. The van der Waals surface area contributed by atoms with Crippen molar-refractivity contribution in [2.24, 2.45) is 0 Å². The maximum absolute atomic E-state index is 10.6. The summed E-state index contributed by atoms with van der Waals surface area (Å²) in [6.07, 6.45) is 2.55. The minimum atomic E-state index is -0.814. The first-order valence-electron chi connectivity index (χ1n) is 3.29. The third kappa shape index (κ3) is 0.886. The molecule has 0 unspecified atom stereocenters. The fraction of sp³-hybridized carbons (Fsp3) is 0.125. The molecule has 0 radical (unpaired) electrons. The summed E-state index contributed by atoms with van der Waals surface area (Å²) in [6.45, 7) is 0. The van der Waals surface area contributed by atoms with E-state index in [2.05, 4.69) is 0 Å². The van der Waals surface area contributed by atoms with Crippen LogP contribution in [-0.2, 0) is 11.2 Å². The highest BCUT2D eigenvalue weighted by Crippen LogP contribution is 2.31. The first kappa shape index (κ1) is 6.61. The van der Waals surface area contributed by atoms with Gasteiger partial charge in [-0.05, 0) is 23.4 Å².